The molecule has 0 spiro atoms. The first-order valence-electron chi connectivity index (χ1n) is 5.32. The van der Waals surface area contributed by atoms with E-state index in [2.05, 4.69) is 9.71 Å². The van der Waals surface area contributed by atoms with E-state index in [9.17, 15) is 8.42 Å². The van der Waals surface area contributed by atoms with Gasteiger partial charge in [-0.3, -0.25) is 4.72 Å². The van der Waals surface area contributed by atoms with Crippen LogP contribution in [0.2, 0.25) is 0 Å². The van der Waals surface area contributed by atoms with Crippen LogP contribution in [-0.2, 0) is 16.6 Å². The van der Waals surface area contributed by atoms with E-state index in [4.69, 9.17) is 10.5 Å². The second-order valence-corrected chi connectivity index (χ2v) is 5.78. The van der Waals surface area contributed by atoms with Gasteiger partial charge >= 0.3 is 0 Å². The molecule has 17 heavy (non-hydrogen) atoms. The first-order chi connectivity index (χ1) is 7.99. The zero-order valence-electron chi connectivity index (χ0n) is 9.51. The largest absolute Gasteiger partial charge is 0.490 e. The molecular weight excluding hydrogens is 242 g/mol. The van der Waals surface area contributed by atoms with Crippen molar-refractivity contribution in [3.05, 3.63) is 17.8 Å². The summed E-state index contributed by atoms with van der Waals surface area (Å²) in [4.78, 5) is 3.97. The summed E-state index contributed by atoms with van der Waals surface area (Å²) in [6.45, 7) is 0.174. The number of rotatable bonds is 5. The second kappa shape index (κ2) is 4.50. The van der Waals surface area contributed by atoms with Gasteiger partial charge in [-0.2, -0.15) is 0 Å². The highest BCUT2D eigenvalue weighted by Gasteiger charge is 2.25. The van der Waals surface area contributed by atoms with E-state index in [1.807, 2.05) is 0 Å². The van der Waals surface area contributed by atoms with Crippen LogP contribution in [0.1, 0.15) is 18.4 Å². The third kappa shape index (κ3) is 3.31. The monoisotopic (exact) mass is 257 g/mol. The predicted molar refractivity (Wildman–Crippen MR) is 64.2 cm³/mol. The number of hydrogen-bond acceptors (Lipinski definition) is 5. The van der Waals surface area contributed by atoms with Crippen LogP contribution in [0, 0.1) is 0 Å². The minimum Gasteiger partial charge on any atom is -0.490 e. The molecule has 1 aliphatic rings. The molecule has 94 valence electrons. The van der Waals surface area contributed by atoms with Gasteiger partial charge in [0, 0.05) is 12.7 Å². The van der Waals surface area contributed by atoms with Gasteiger partial charge in [-0.25, -0.2) is 13.4 Å². The van der Waals surface area contributed by atoms with Gasteiger partial charge in [0.25, 0.3) is 0 Å². The number of nitrogens with two attached hydrogens (primary N) is 1. The van der Waals surface area contributed by atoms with Gasteiger partial charge in [0.2, 0.25) is 10.0 Å². The van der Waals surface area contributed by atoms with Crippen LogP contribution in [0.5, 0.6) is 5.75 Å². The SMILES string of the molecule is CS(=O)(=O)Nc1nccc(OC2CC2)c1CN. The van der Waals surface area contributed by atoms with Gasteiger partial charge < -0.3 is 10.5 Å². The van der Waals surface area contributed by atoms with Crippen LogP contribution in [0.4, 0.5) is 5.82 Å². The molecule has 1 aliphatic carbocycles. The summed E-state index contributed by atoms with van der Waals surface area (Å²) in [7, 11) is -3.36. The van der Waals surface area contributed by atoms with Crippen molar-refractivity contribution >= 4 is 15.8 Å². The molecule has 0 amide bonds. The molecule has 0 bridgehead atoms. The number of ether oxygens (including phenoxy) is 1. The lowest BCUT2D eigenvalue weighted by molar-refractivity contribution is 0.300. The molecule has 0 aliphatic heterocycles. The second-order valence-electron chi connectivity index (χ2n) is 4.03. The van der Waals surface area contributed by atoms with Crippen molar-refractivity contribution in [2.24, 2.45) is 5.73 Å². The van der Waals surface area contributed by atoms with E-state index in [1.165, 1.54) is 6.20 Å². The third-order valence-electron chi connectivity index (χ3n) is 2.32. The lowest BCUT2D eigenvalue weighted by Crippen LogP contribution is -2.15. The molecule has 1 heterocycles. The Hall–Kier alpha value is -1.34. The molecule has 6 nitrogen and oxygen atoms in total. The summed E-state index contributed by atoms with van der Waals surface area (Å²) in [6, 6.07) is 1.70. The van der Waals surface area contributed by atoms with Crippen molar-refractivity contribution in [1.29, 1.82) is 0 Å². The Morgan fingerprint density at radius 1 is 1.59 bits per heavy atom. The summed E-state index contributed by atoms with van der Waals surface area (Å²) >= 11 is 0. The summed E-state index contributed by atoms with van der Waals surface area (Å²) in [5.41, 5.74) is 6.20. The summed E-state index contributed by atoms with van der Waals surface area (Å²) < 4.78 is 30.3. The van der Waals surface area contributed by atoms with Gasteiger partial charge in [0.1, 0.15) is 11.6 Å². The number of nitrogens with one attached hydrogen (secondary N) is 1. The first kappa shape index (κ1) is 12.1. The van der Waals surface area contributed by atoms with E-state index >= 15 is 0 Å². The van der Waals surface area contributed by atoms with Gasteiger partial charge in [0.15, 0.2) is 0 Å². The van der Waals surface area contributed by atoms with Crippen molar-refractivity contribution in [2.75, 3.05) is 11.0 Å². The maximum atomic E-state index is 11.2. The van der Waals surface area contributed by atoms with Crippen LogP contribution < -0.4 is 15.2 Å². The fourth-order valence-corrected chi connectivity index (χ4v) is 1.94. The highest BCUT2D eigenvalue weighted by atomic mass is 32.2. The minimum absolute atomic E-state index is 0.174. The van der Waals surface area contributed by atoms with E-state index in [0.717, 1.165) is 19.1 Å². The van der Waals surface area contributed by atoms with Gasteiger partial charge in [-0.1, -0.05) is 0 Å². The van der Waals surface area contributed by atoms with E-state index in [0.29, 0.717) is 11.3 Å². The predicted octanol–water partition coefficient (Wildman–Crippen LogP) is 0.453. The lowest BCUT2D eigenvalue weighted by atomic mass is 10.2. The Bertz CT molecular complexity index is 512. The van der Waals surface area contributed by atoms with Crippen molar-refractivity contribution < 1.29 is 13.2 Å². The van der Waals surface area contributed by atoms with Crippen LogP contribution in [0.25, 0.3) is 0 Å². The fraction of sp³-hybridized carbons (Fsp3) is 0.500. The van der Waals surface area contributed by atoms with Crippen molar-refractivity contribution in [3.63, 3.8) is 0 Å². The number of anilines is 1. The molecule has 0 saturated heterocycles. The van der Waals surface area contributed by atoms with E-state index in [-0.39, 0.29) is 18.5 Å². The lowest BCUT2D eigenvalue weighted by Gasteiger charge is -2.13. The van der Waals surface area contributed by atoms with Crippen molar-refractivity contribution in [1.82, 2.24) is 4.98 Å². The number of nitrogens with zero attached hydrogens (tertiary/aromatic N) is 1. The molecule has 1 saturated carbocycles. The standard InChI is InChI=1S/C10H15N3O3S/c1-17(14,15)13-10-8(6-11)9(4-5-12-10)16-7-2-3-7/h4-5,7H,2-3,6,11H2,1H3,(H,12,13). The highest BCUT2D eigenvalue weighted by molar-refractivity contribution is 7.92. The smallest absolute Gasteiger partial charge is 0.230 e. The minimum atomic E-state index is -3.36. The van der Waals surface area contributed by atoms with E-state index in [1.54, 1.807) is 6.07 Å². The summed E-state index contributed by atoms with van der Waals surface area (Å²) in [5, 5.41) is 0. The normalized spacial score (nSPS) is 15.6. The zero-order valence-corrected chi connectivity index (χ0v) is 10.3. The molecule has 1 aromatic rings. The van der Waals surface area contributed by atoms with Gasteiger partial charge in [-0.05, 0) is 18.9 Å². The Kier molecular flexibility index (Phi) is 3.21. The van der Waals surface area contributed by atoms with E-state index < -0.39 is 10.0 Å². The highest BCUT2D eigenvalue weighted by Crippen LogP contribution is 2.31. The molecule has 2 rings (SSSR count). The molecule has 7 heteroatoms. The fourth-order valence-electron chi connectivity index (χ4n) is 1.41. The molecule has 3 N–H and O–H groups in total. The van der Waals surface area contributed by atoms with Crippen molar-refractivity contribution in [2.45, 2.75) is 25.5 Å². The number of pyridine rings is 1. The van der Waals surface area contributed by atoms with Gasteiger partial charge in [-0.15, -0.1) is 0 Å². The topological polar surface area (TPSA) is 94.3 Å². The average molecular weight is 257 g/mol. The Labute approximate surface area is 100 Å². The van der Waals surface area contributed by atoms with Crippen LogP contribution in [0.3, 0.4) is 0 Å². The maximum Gasteiger partial charge on any atom is 0.230 e. The maximum absolute atomic E-state index is 11.2. The Balaban J connectivity index is 2.30. The Morgan fingerprint density at radius 3 is 2.82 bits per heavy atom. The zero-order chi connectivity index (χ0) is 12.5. The number of aromatic nitrogens is 1. The molecule has 1 fully saturated rings. The molecule has 0 atom stereocenters. The molecular formula is C10H15N3O3S. The quantitative estimate of drug-likeness (QED) is 0.798. The van der Waals surface area contributed by atoms with Crippen LogP contribution in [0.15, 0.2) is 12.3 Å². The average Bonchev–Trinajstić information content (AvgIpc) is 2.99. The van der Waals surface area contributed by atoms with Gasteiger partial charge in [0.05, 0.1) is 17.9 Å². The molecule has 0 unspecified atom stereocenters. The van der Waals surface area contributed by atoms with Crippen molar-refractivity contribution in [3.8, 4) is 5.75 Å². The Morgan fingerprint density at radius 2 is 2.29 bits per heavy atom. The summed E-state index contributed by atoms with van der Waals surface area (Å²) in [5.74, 6) is 0.851. The van der Waals surface area contributed by atoms with Crippen LogP contribution >= 0.6 is 0 Å². The van der Waals surface area contributed by atoms with Crippen LogP contribution in [-0.4, -0.2) is 25.8 Å². The number of sulfonamides is 1. The molecule has 1 aromatic heterocycles. The molecule has 0 aromatic carbocycles. The molecule has 0 radical (unpaired) electrons. The third-order valence-corrected chi connectivity index (χ3v) is 2.88. The first-order valence-corrected chi connectivity index (χ1v) is 7.21. The number of hydrogen-bond donors (Lipinski definition) is 2. The summed E-state index contributed by atoms with van der Waals surface area (Å²) in [6.07, 6.45) is 4.87.